The van der Waals surface area contributed by atoms with Gasteiger partial charge in [0.15, 0.2) is 0 Å². The zero-order valence-corrected chi connectivity index (χ0v) is 12.6. The van der Waals surface area contributed by atoms with E-state index in [9.17, 15) is 0 Å². The second-order valence-electron chi connectivity index (χ2n) is 3.88. The molecule has 3 aromatic rings. The SMILES string of the molecule is Nc1c(-c2c(Cl)cc(Cl)cc2Cl)c(Cl)nc2ncnn12. The van der Waals surface area contributed by atoms with Crippen LogP contribution < -0.4 is 5.73 Å². The third kappa shape index (κ3) is 2.07. The van der Waals surface area contributed by atoms with Gasteiger partial charge in [0.1, 0.15) is 17.3 Å². The molecular formula is C11H5Cl4N5. The first-order valence-electron chi connectivity index (χ1n) is 5.28. The summed E-state index contributed by atoms with van der Waals surface area (Å²) >= 11 is 24.4. The molecule has 0 aliphatic rings. The van der Waals surface area contributed by atoms with Gasteiger partial charge in [-0.3, -0.25) is 0 Å². The normalized spacial score (nSPS) is 11.2. The lowest BCUT2D eigenvalue weighted by molar-refractivity contribution is 0.954. The van der Waals surface area contributed by atoms with E-state index in [1.807, 2.05) is 0 Å². The van der Waals surface area contributed by atoms with Gasteiger partial charge >= 0.3 is 0 Å². The molecule has 0 aliphatic carbocycles. The Labute approximate surface area is 133 Å². The van der Waals surface area contributed by atoms with E-state index >= 15 is 0 Å². The molecule has 2 N–H and O–H groups in total. The van der Waals surface area contributed by atoms with Crippen molar-refractivity contribution in [3.63, 3.8) is 0 Å². The zero-order valence-electron chi connectivity index (χ0n) is 9.61. The fourth-order valence-corrected chi connectivity index (χ4v) is 3.12. The van der Waals surface area contributed by atoms with Gasteiger partial charge in [0.25, 0.3) is 5.78 Å². The van der Waals surface area contributed by atoms with E-state index in [2.05, 4.69) is 15.1 Å². The number of nitrogens with zero attached hydrogens (tertiary/aromatic N) is 4. The highest BCUT2D eigenvalue weighted by molar-refractivity contribution is 6.43. The largest absolute Gasteiger partial charge is 0.383 e. The van der Waals surface area contributed by atoms with Crippen LogP contribution in [0.1, 0.15) is 0 Å². The van der Waals surface area contributed by atoms with Crippen molar-refractivity contribution in [3.05, 3.63) is 38.7 Å². The fraction of sp³-hybridized carbons (Fsp3) is 0. The third-order valence-electron chi connectivity index (χ3n) is 2.68. The Bertz CT molecular complexity index is 806. The van der Waals surface area contributed by atoms with Gasteiger partial charge in [0, 0.05) is 10.6 Å². The highest BCUT2D eigenvalue weighted by Crippen LogP contribution is 2.42. The van der Waals surface area contributed by atoms with Gasteiger partial charge in [0.2, 0.25) is 0 Å². The first kappa shape index (κ1) is 13.7. The van der Waals surface area contributed by atoms with Crippen molar-refractivity contribution in [3.8, 4) is 11.1 Å². The van der Waals surface area contributed by atoms with Crippen molar-refractivity contribution in [2.45, 2.75) is 0 Å². The Morgan fingerprint density at radius 1 is 1.00 bits per heavy atom. The molecule has 0 saturated carbocycles. The van der Waals surface area contributed by atoms with Crippen LogP contribution in [0.3, 0.4) is 0 Å². The molecule has 20 heavy (non-hydrogen) atoms. The highest BCUT2D eigenvalue weighted by Gasteiger charge is 2.20. The van der Waals surface area contributed by atoms with Crippen LogP contribution in [0.2, 0.25) is 20.2 Å². The molecule has 5 nitrogen and oxygen atoms in total. The predicted octanol–water partition coefficient (Wildman–Crippen LogP) is 3.99. The van der Waals surface area contributed by atoms with E-state index in [4.69, 9.17) is 52.1 Å². The number of anilines is 1. The minimum Gasteiger partial charge on any atom is -0.383 e. The monoisotopic (exact) mass is 347 g/mol. The van der Waals surface area contributed by atoms with Crippen molar-refractivity contribution in [1.29, 1.82) is 0 Å². The number of rotatable bonds is 1. The average molecular weight is 349 g/mol. The van der Waals surface area contributed by atoms with Crippen LogP contribution in [0.15, 0.2) is 18.5 Å². The van der Waals surface area contributed by atoms with E-state index in [1.165, 1.54) is 10.8 Å². The van der Waals surface area contributed by atoms with Crippen molar-refractivity contribution >= 4 is 58.0 Å². The van der Waals surface area contributed by atoms with Gasteiger partial charge in [-0.05, 0) is 12.1 Å². The summed E-state index contributed by atoms with van der Waals surface area (Å²) in [5.41, 5.74) is 6.89. The number of aromatic nitrogens is 4. The van der Waals surface area contributed by atoms with Crippen molar-refractivity contribution < 1.29 is 0 Å². The van der Waals surface area contributed by atoms with E-state index in [-0.39, 0.29) is 16.7 Å². The molecule has 0 spiro atoms. The first-order valence-corrected chi connectivity index (χ1v) is 6.80. The lowest BCUT2D eigenvalue weighted by atomic mass is 10.1. The number of nitrogens with two attached hydrogens (primary N) is 1. The molecule has 1 aromatic carbocycles. The smallest absolute Gasteiger partial charge is 0.255 e. The summed E-state index contributed by atoms with van der Waals surface area (Å²) < 4.78 is 1.35. The van der Waals surface area contributed by atoms with E-state index < -0.39 is 0 Å². The molecule has 9 heteroatoms. The van der Waals surface area contributed by atoms with Crippen molar-refractivity contribution in [2.24, 2.45) is 0 Å². The quantitative estimate of drug-likeness (QED) is 0.675. The zero-order chi connectivity index (χ0) is 14.4. The molecule has 2 aromatic heterocycles. The first-order chi connectivity index (χ1) is 9.49. The van der Waals surface area contributed by atoms with Crippen LogP contribution in [0.25, 0.3) is 16.9 Å². The maximum Gasteiger partial charge on any atom is 0.255 e. The summed E-state index contributed by atoms with van der Waals surface area (Å²) in [5.74, 6) is 0.529. The lowest BCUT2D eigenvalue weighted by Crippen LogP contribution is -2.04. The molecule has 102 valence electrons. The van der Waals surface area contributed by atoms with Gasteiger partial charge in [-0.25, -0.2) is 0 Å². The fourth-order valence-electron chi connectivity index (χ4n) is 1.85. The molecule has 0 saturated heterocycles. The minimum absolute atomic E-state index is 0.133. The number of hydrogen-bond donors (Lipinski definition) is 1. The Morgan fingerprint density at radius 3 is 2.30 bits per heavy atom. The van der Waals surface area contributed by atoms with Gasteiger partial charge < -0.3 is 5.73 Å². The Kier molecular flexibility index (Phi) is 3.38. The number of fused-ring (bicyclic) bond motifs is 1. The lowest BCUT2D eigenvalue weighted by Gasteiger charge is -2.12. The second kappa shape index (κ2) is 4.93. The van der Waals surface area contributed by atoms with Crippen molar-refractivity contribution in [2.75, 3.05) is 5.73 Å². The molecule has 0 amide bonds. The minimum atomic E-state index is 0.133. The van der Waals surface area contributed by atoms with Gasteiger partial charge in [0.05, 0.1) is 15.6 Å². The van der Waals surface area contributed by atoms with Gasteiger partial charge in [-0.15, -0.1) is 0 Å². The van der Waals surface area contributed by atoms with E-state index in [0.717, 1.165) is 0 Å². The Morgan fingerprint density at radius 2 is 1.65 bits per heavy atom. The van der Waals surface area contributed by atoms with Crippen LogP contribution in [0.5, 0.6) is 0 Å². The topological polar surface area (TPSA) is 69.1 Å². The standard InChI is InChI=1S/C11H5Cl4N5/c12-4-1-5(13)7(6(14)2-4)8-9(15)19-11-17-3-18-20(11)10(8)16/h1-3H,16H2. The number of nitrogen functional groups attached to an aromatic ring is 1. The molecule has 0 unspecified atom stereocenters. The number of hydrogen-bond acceptors (Lipinski definition) is 4. The molecule has 0 bridgehead atoms. The maximum atomic E-state index is 6.18. The summed E-state index contributed by atoms with van der Waals surface area (Å²) in [6.45, 7) is 0. The van der Waals surface area contributed by atoms with Crippen LogP contribution in [-0.4, -0.2) is 19.6 Å². The molecule has 0 fully saturated rings. The number of halogens is 4. The van der Waals surface area contributed by atoms with Crippen LogP contribution in [0, 0.1) is 0 Å². The Hall–Kier alpha value is -1.27. The summed E-state index contributed by atoms with van der Waals surface area (Å²) in [6.07, 6.45) is 1.32. The van der Waals surface area contributed by atoms with Crippen molar-refractivity contribution in [1.82, 2.24) is 19.6 Å². The van der Waals surface area contributed by atoms with Gasteiger partial charge in [-0.2, -0.15) is 19.6 Å². The summed E-state index contributed by atoms with van der Waals surface area (Å²) in [6, 6.07) is 3.09. The average Bonchev–Trinajstić information content (AvgIpc) is 2.80. The number of benzene rings is 1. The molecule has 3 rings (SSSR count). The second-order valence-corrected chi connectivity index (χ2v) is 5.49. The van der Waals surface area contributed by atoms with Crippen LogP contribution in [-0.2, 0) is 0 Å². The summed E-state index contributed by atoms with van der Waals surface area (Å²) in [5, 5.41) is 5.15. The maximum absolute atomic E-state index is 6.18. The molecule has 0 radical (unpaired) electrons. The molecule has 0 aliphatic heterocycles. The summed E-state index contributed by atoms with van der Waals surface area (Å²) in [7, 11) is 0. The Balaban J connectivity index is 2.40. The van der Waals surface area contributed by atoms with E-state index in [1.54, 1.807) is 12.1 Å². The molecule has 0 atom stereocenters. The van der Waals surface area contributed by atoms with Gasteiger partial charge in [-0.1, -0.05) is 46.4 Å². The van der Waals surface area contributed by atoms with Crippen LogP contribution >= 0.6 is 46.4 Å². The third-order valence-corrected chi connectivity index (χ3v) is 3.76. The predicted molar refractivity (Wildman–Crippen MR) is 80.7 cm³/mol. The molecular weight excluding hydrogens is 344 g/mol. The highest BCUT2D eigenvalue weighted by atomic mass is 35.5. The molecule has 2 heterocycles. The van der Waals surface area contributed by atoms with Crippen LogP contribution in [0.4, 0.5) is 5.82 Å². The summed E-state index contributed by atoms with van der Waals surface area (Å²) in [4.78, 5) is 8.03. The van der Waals surface area contributed by atoms with E-state index in [0.29, 0.717) is 26.2 Å².